The molecule has 134 valence electrons. The monoisotopic (exact) mass is 368 g/mol. The van der Waals surface area contributed by atoms with Crippen LogP contribution >= 0.6 is 11.8 Å². The number of hydrogen-bond acceptors (Lipinski definition) is 5. The number of amidine groups is 1. The van der Waals surface area contributed by atoms with Crippen LogP contribution in [0.4, 0.5) is 5.69 Å². The van der Waals surface area contributed by atoms with Gasteiger partial charge in [-0.05, 0) is 61.0 Å². The zero-order chi connectivity index (χ0) is 18.7. The van der Waals surface area contributed by atoms with Gasteiger partial charge in [0.15, 0.2) is 16.7 Å². The van der Waals surface area contributed by atoms with Crippen LogP contribution in [0, 0.1) is 13.8 Å². The minimum atomic E-state index is -0.159. The molecule has 1 fully saturated rings. The minimum Gasteiger partial charge on any atom is -0.493 e. The van der Waals surface area contributed by atoms with E-state index in [-0.39, 0.29) is 5.91 Å². The third-order valence-corrected chi connectivity index (χ3v) is 4.84. The number of rotatable bonds is 4. The van der Waals surface area contributed by atoms with Gasteiger partial charge in [-0.15, -0.1) is 0 Å². The highest BCUT2D eigenvalue weighted by Gasteiger charge is 2.24. The van der Waals surface area contributed by atoms with Crippen LogP contribution in [-0.2, 0) is 4.79 Å². The summed E-state index contributed by atoms with van der Waals surface area (Å²) in [5.41, 5.74) is 3.96. The highest BCUT2D eigenvalue weighted by Crippen LogP contribution is 2.32. The van der Waals surface area contributed by atoms with Crippen LogP contribution in [0.1, 0.15) is 16.7 Å². The van der Waals surface area contributed by atoms with Gasteiger partial charge in [0, 0.05) is 0 Å². The molecule has 0 bridgehead atoms. The standard InChI is InChI=1S/C20H20N2O3S/c1-12-5-7-15(13(2)9-12)21-20-22-19(23)18(26-20)11-14-6-8-16(24-3)17(10-14)25-4/h5-11H,1-4H3,(H,21,22,23)/b18-11+. The van der Waals surface area contributed by atoms with Crippen molar-refractivity contribution in [3.8, 4) is 11.5 Å². The summed E-state index contributed by atoms with van der Waals surface area (Å²) in [4.78, 5) is 17.4. The minimum absolute atomic E-state index is 0.159. The molecular weight excluding hydrogens is 348 g/mol. The Balaban J connectivity index is 1.85. The first-order chi connectivity index (χ1) is 12.5. The molecule has 1 N–H and O–H groups in total. The molecule has 1 aliphatic rings. The largest absolute Gasteiger partial charge is 0.493 e. The van der Waals surface area contributed by atoms with Crippen molar-refractivity contribution in [3.05, 3.63) is 58.0 Å². The van der Waals surface area contributed by atoms with Crippen LogP contribution in [0.5, 0.6) is 11.5 Å². The number of benzene rings is 2. The fourth-order valence-electron chi connectivity index (χ4n) is 2.61. The maximum absolute atomic E-state index is 12.3. The topological polar surface area (TPSA) is 59.9 Å². The average molecular weight is 368 g/mol. The number of aliphatic imine (C=N–C) groups is 1. The van der Waals surface area contributed by atoms with E-state index < -0.39 is 0 Å². The van der Waals surface area contributed by atoms with Crippen LogP contribution < -0.4 is 14.8 Å². The number of ether oxygens (including phenoxy) is 2. The summed E-state index contributed by atoms with van der Waals surface area (Å²) in [6, 6.07) is 11.6. The molecule has 6 heteroatoms. The summed E-state index contributed by atoms with van der Waals surface area (Å²) in [5.74, 6) is 1.11. The molecule has 2 aromatic carbocycles. The number of hydrogen-bond donors (Lipinski definition) is 1. The molecule has 2 aromatic rings. The van der Waals surface area contributed by atoms with Crippen LogP contribution in [-0.4, -0.2) is 25.3 Å². The van der Waals surface area contributed by atoms with Gasteiger partial charge < -0.3 is 14.8 Å². The molecule has 1 saturated heterocycles. The van der Waals surface area contributed by atoms with Crippen molar-refractivity contribution in [2.75, 3.05) is 14.2 Å². The van der Waals surface area contributed by atoms with Crippen molar-refractivity contribution in [2.45, 2.75) is 13.8 Å². The Kier molecular flexibility index (Phi) is 5.32. The molecule has 3 rings (SSSR count). The van der Waals surface area contributed by atoms with Crippen molar-refractivity contribution in [1.29, 1.82) is 0 Å². The average Bonchev–Trinajstić information content (AvgIpc) is 2.96. The Morgan fingerprint density at radius 1 is 1.04 bits per heavy atom. The van der Waals surface area contributed by atoms with E-state index in [2.05, 4.69) is 16.4 Å². The number of nitrogens with one attached hydrogen (secondary N) is 1. The smallest absolute Gasteiger partial charge is 0.264 e. The van der Waals surface area contributed by atoms with Crippen LogP contribution in [0.15, 0.2) is 46.3 Å². The highest BCUT2D eigenvalue weighted by atomic mass is 32.2. The first-order valence-corrected chi connectivity index (χ1v) is 8.90. The molecule has 0 radical (unpaired) electrons. The van der Waals surface area contributed by atoms with Crippen LogP contribution in [0.25, 0.3) is 6.08 Å². The maximum atomic E-state index is 12.3. The third-order valence-electron chi connectivity index (χ3n) is 3.93. The van der Waals surface area contributed by atoms with Crippen molar-refractivity contribution >= 4 is 34.6 Å². The summed E-state index contributed by atoms with van der Waals surface area (Å²) >= 11 is 1.32. The van der Waals surface area contributed by atoms with Gasteiger partial charge in [0.25, 0.3) is 5.91 Å². The molecule has 0 aromatic heterocycles. The number of aryl methyl sites for hydroxylation is 2. The summed E-state index contributed by atoms with van der Waals surface area (Å²) in [7, 11) is 3.17. The van der Waals surface area contributed by atoms with Crippen LogP contribution in [0.2, 0.25) is 0 Å². The molecule has 26 heavy (non-hydrogen) atoms. The van der Waals surface area contributed by atoms with E-state index in [4.69, 9.17) is 9.47 Å². The van der Waals surface area contributed by atoms with E-state index in [1.165, 1.54) is 17.3 Å². The zero-order valence-corrected chi connectivity index (χ0v) is 15.9. The van der Waals surface area contributed by atoms with E-state index in [1.807, 2.05) is 50.3 Å². The van der Waals surface area contributed by atoms with Gasteiger partial charge in [0.2, 0.25) is 0 Å². The first-order valence-electron chi connectivity index (χ1n) is 8.09. The fraction of sp³-hybridized carbons (Fsp3) is 0.200. The number of carbonyl (C=O) groups is 1. The Morgan fingerprint density at radius 2 is 1.81 bits per heavy atom. The molecule has 5 nitrogen and oxygen atoms in total. The van der Waals surface area contributed by atoms with Gasteiger partial charge in [0.05, 0.1) is 24.8 Å². The second kappa shape index (κ2) is 7.66. The third kappa shape index (κ3) is 3.91. The number of nitrogens with zero attached hydrogens (tertiary/aromatic N) is 1. The molecule has 1 heterocycles. The number of thioether (sulfide) groups is 1. The van der Waals surface area contributed by atoms with E-state index in [1.54, 1.807) is 14.2 Å². The van der Waals surface area contributed by atoms with Gasteiger partial charge in [-0.1, -0.05) is 23.8 Å². The second-order valence-corrected chi connectivity index (χ2v) is 6.92. The summed E-state index contributed by atoms with van der Waals surface area (Å²) in [5, 5.41) is 3.39. The van der Waals surface area contributed by atoms with Gasteiger partial charge in [0.1, 0.15) is 0 Å². The molecule has 1 aliphatic heterocycles. The Bertz CT molecular complexity index is 919. The second-order valence-electron chi connectivity index (χ2n) is 5.89. The lowest BCUT2D eigenvalue weighted by Gasteiger charge is -2.07. The molecular formula is C20H20N2O3S. The predicted octanol–water partition coefficient (Wildman–Crippen LogP) is 4.21. The number of carbonyl (C=O) groups excluding carboxylic acids is 1. The molecule has 0 atom stereocenters. The first kappa shape index (κ1) is 18.1. The lowest BCUT2D eigenvalue weighted by molar-refractivity contribution is -0.115. The van der Waals surface area contributed by atoms with E-state index in [0.717, 1.165) is 16.8 Å². The molecule has 0 aliphatic carbocycles. The Hall–Kier alpha value is -2.73. The lowest BCUT2D eigenvalue weighted by atomic mass is 10.1. The summed E-state index contributed by atoms with van der Waals surface area (Å²) < 4.78 is 10.5. The van der Waals surface area contributed by atoms with Gasteiger partial charge in [-0.3, -0.25) is 4.79 Å². The molecule has 0 unspecified atom stereocenters. The number of methoxy groups -OCH3 is 2. The van der Waals surface area contributed by atoms with Crippen molar-refractivity contribution < 1.29 is 14.3 Å². The lowest BCUT2D eigenvalue weighted by Crippen LogP contribution is -2.19. The van der Waals surface area contributed by atoms with Crippen molar-refractivity contribution in [1.82, 2.24) is 5.32 Å². The van der Waals surface area contributed by atoms with E-state index >= 15 is 0 Å². The highest BCUT2D eigenvalue weighted by molar-refractivity contribution is 8.18. The molecule has 1 amide bonds. The van der Waals surface area contributed by atoms with Crippen molar-refractivity contribution in [2.24, 2.45) is 4.99 Å². The van der Waals surface area contributed by atoms with Crippen molar-refractivity contribution in [3.63, 3.8) is 0 Å². The van der Waals surface area contributed by atoms with E-state index in [0.29, 0.717) is 21.6 Å². The predicted molar refractivity (Wildman–Crippen MR) is 106 cm³/mol. The quantitative estimate of drug-likeness (QED) is 0.821. The SMILES string of the molecule is COc1ccc(/C=C2/SC(=Nc3ccc(C)cc3C)NC2=O)cc1OC. The maximum Gasteiger partial charge on any atom is 0.264 e. The Labute approximate surface area is 157 Å². The summed E-state index contributed by atoms with van der Waals surface area (Å²) in [6.45, 7) is 4.05. The summed E-state index contributed by atoms with van der Waals surface area (Å²) in [6.07, 6.45) is 1.81. The normalized spacial score (nSPS) is 16.8. The zero-order valence-electron chi connectivity index (χ0n) is 15.1. The van der Waals surface area contributed by atoms with Crippen LogP contribution in [0.3, 0.4) is 0 Å². The van der Waals surface area contributed by atoms with Gasteiger partial charge in [-0.2, -0.15) is 0 Å². The van der Waals surface area contributed by atoms with Gasteiger partial charge in [-0.25, -0.2) is 4.99 Å². The van der Waals surface area contributed by atoms with E-state index in [9.17, 15) is 4.79 Å². The molecule has 0 saturated carbocycles. The van der Waals surface area contributed by atoms with Gasteiger partial charge >= 0.3 is 0 Å². The Morgan fingerprint density at radius 3 is 2.50 bits per heavy atom. The number of amides is 1. The fourth-order valence-corrected chi connectivity index (χ4v) is 3.45. The molecule has 0 spiro atoms.